The molecule has 4 rings (SSSR count). The van der Waals surface area contributed by atoms with Crippen LogP contribution in [0.5, 0.6) is 17.2 Å². The molecule has 0 amide bonds. The summed E-state index contributed by atoms with van der Waals surface area (Å²) in [6.45, 7) is 1.19. The Morgan fingerprint density at radius 1 is 0.742 bits per heavy atom. The SMILES string of the molecule is Clc1ccc(COc2ccc(CNc3ccc(Oc4ccccc4)cc3)cc2Br)cc1. The fraction of sp³-hybridized carbons (Fsp3) is 0.0769. The highest BCUT2D eigenvalue weighted by atomic mass is 79.9. The van der Waals surface area contributed by atoms with Crippen LogP contribution in [-0.2, 0) is 13.2 Å². The lowest BCUT2D eigenvalue weighted by Crippen LogP contribution is -2.00. The van der Waals surface area contributed by atoms with Crippen molar-refractivity contribution in [1.82, 2.24) is 0 Å². The minimum atomic E-state index is 0.491. The Bertz CT molecular complexity index is 1120. The second-order valence-electron chi connectivity index (χ2n) is 6.97. The molecule has 0 aromatic heterocycles. The molecule has 4 aromatic carbocycles. The van der Waals surface area contributed by atoms with Gasteiger partial charge >= 0.3 is 0 Å². The Morgan fingerprint density at radius 3 is 2.13 bits per heavy atom. The van der Waals surface area contributed by atoms with Gasteiger partial charge in [0.25, 0.3) is 0 Å². The summed E-state index contributed by atoms with van der Waals surface area (Å²) in [6, 6.07) is 31.5. The van der Waals surface area contributed by atoms with Crippen LogP contribution < -0.4 is 14.8 Å². The van der Waals surface area contributed by atoms with E-state index in [0.29, 0.717) is 13.2 Å². The van der Waals surface area contributed by atoms with Crippen molar-refractivity contribution in [3.63, 3.8) is 0 Å². The summed E-state index contributed by atoms with van der Waals surface area (Å²) in [5, 5.41) is 4.15. The monoisotopic (exact) mass is 493 g/mol. The summed E-state index contributed by atoms with van der Waals surface area (Å²) >= 11 is 9.53. The van der Waals surface area contributed by atoms with Gasteiger partial charge < -0.3 is 14.8 Å². The second-order valence-corrected chi connectivity index (χ2v) is 8.26. The summed E-state index contributed by atoms with van der Waals surface area (Å²) in [5.41, 5.74) is 3.25. The zero-order valence-electron chi connectivity index (χ0n) is 16.7. The van der Waals surface area contributed by atoms with E-state index in [2.05, 4.69) is 33.4 Å². The summed E-state index contributed by atoms with van der Waals surface area (Å²) < 4.78 is 12.7. The standard InChI is InChI=1S/C26H21BrClNO2/c27-25-16-20(8-15-26(25)30-18-19-6-9-21(28)10-7-19)17-29-22-11-13-24(14-12-22)31-23-4-2-1-3-5-23/h1-16,29H,17-18H2. The number of hydrogen-bond acceptors (Lipinski definition) is 3. The number of ether oxygens (including phenoxy) is 2. The lowest BCUT2D eigenvalue weighted by atomic mass is 10.2. The van der Waals surface area contributed by atoms with Crippen LogP contribution in [0, 0.1) is 0 Å². The predicted molar refractivity (Wildman–Crippen MR) is 130 cm³/mol. The van der Waals surface area contributed by atoms with Crippen LogP contribution >= 0.6 is 27.5 Å². The summed E-state index contributed by atoms with van der Waals surface area (Å²) in [6.07, 6.45) is 0. The molecular weight excluding hydrogens is 474 g/mol. The smallest absolute Gasteiger partial charge is 0.134 e. The molecule has 31 heavy (non-hydrogen) atoms. The van der Waals surface area contributed by atoms with Crippen molar-refractivity contribution >= 4 is 33.2 Å². The molecule has 0 saturated heterocycles. The van der Waals surface area contributed by atoms with Crippen molar-refractivity contribution in [1.29, 1.82) is 0 Å². The average Bonchev–Trinajstić information content (AvgIpc) is 2.80. The van der Waals surface area contributed by atoms with Gasteiger partial charge in [0.1, 0.15) is 23.9 Å². The zero-order valence-corrected chi connectivity index (χ0v) is 19.1. The Kier molecular flexibility index (Phi) is 7.13. The maximum absolute atomic E-state index is 5.93. The third kappa shape index (κ3) is 6.27. The van der Waals surface area contributed by atoms with Crippen LogP contribution in [0.4, 0.5) is 5.69 Å². The molecule has 0 unspecified atom stereocenters. The molecule has 0 fully saturated rings. The van der Waals surface area contributed by atoms with Gasteiger partial charge in [-0.05, 0) is 87.7 Å². The van der Waals surface area contributed by atoms with E-state index in [4.69, 9.17) is 21.1 Å². The topological polar surface area (TPSA) is 30.5 Å². The quantitative estimate of drug-likeness (QED) is 0.268. The van der Waals surface area contributed by atoms with Crippen molar-refractivity contribution in [3.05, 3.63) is 118 Å². The van der Waals surface area contributed by atoms with Gasteiger partial charge in [-0.2, -0.15) is 0 Å². The van der Waals surface area contributed by atoms with Gasteiger partial charge in [-0.1, -0.05) is 48.0 Å². The lowest BCUT2D eigenvalue weighted by Gasteiger charge is -2.12. The second kappa shape index (κ2) is 10.4. The minimum absolute atomic E-state index is 0.491. The maximum Gasteiger partial charge on any atom is 0.134 e. The Morgan fingerprint density at radius 2 is 1.42 bits per heavy atom. The number of hydrogen-bond donors (Lipinski definition) is 1. The Balaban J connectivity index is 1.30. The molecule has 0 aliphatic carbocycles. The molecule has 0 spiro atoms. The number of benzene rings is 4. The van der Waals surface area contributed by atoms with Gasteiger partial charge in [-0.3, -0.25) is 0 Å². The first-order chi connectivity index (χ1) is 15.2. The van der Waals surface area contributed by atoms with Gasteiger partial charge in [0.05, 0.1) is 4.47 Å². The van der Waals surface area contributed by atoms with Crippen molar-refractivity contribution in [2.45, 2.75) is 13.2 Å². The first-order valence-electron chi connectivity index (χ1n) is 9.88. The fourth-order valence-electron chi connectivity index (χ4n) is 2.98. The molecule has 0 bridgehead atoms. The van der Waals surface area contributed by atoms with Crippen molar-refractivity contribution in [3.8, 4) is 17.2 Å². The first-order valence-corrected chi connectivity index (χ1v) is 11.1. The van der Waals surface area contributed by atoms with E-state index < -0.39 is 0 Å². The average molecular weight is 495 g/mol. The van der Waals surface area contributed by atoms with E-state index in [1.807, 2.05) is 84.9 Å². The molecule has 1 N–H and O–H groups in total. The van der Waals surface area contributed by atoms with Crippen LogP contribution in [0.3, 0.4) is 0 Å². The highest BCUT2D eigenvalue weighted by Crippen LogP contribution is 2.28. The molecule has 4 aromatic rings. The number of rotatable bonds is 8. The van der Waals surface area contributed by atoms with Crippen LogP contribution in [-0.4, -0.2) is 0 Å². The first kappa shape index (κ1) is 21.3. The molecule has 156 valence electrons. The highest BCUT2D eigenvalue weighted by Gasteiger charge is 2.05. The maximum atomic E-state index is 5.93. The highest BCUT2D eigenvalue weighted by molar-refractivity contribution is 9.10. The molecule has 5 heteroatoms. The number of halogens is 2. The van der Waals surface area contributed by atoms with Crippen LogP contribution in [0.15, 0.2) is 102 Å². The summed E-state index contributed by atoms with van der Waals surface area (Å²) in [7, 11) is 0. The lowest BCUT2D eigenvalue weighted by molar-refractivity contribution is 0.304. The van der Waals surface area contributed by atoms with E-state index in [9.17, 15) is 0 Å². The van der Waals surface area contributed by atoms with Gasteiger partial charge in [0.15, 0.2) is 0 Å². The molecular formula is C26H21BrClNO2. The van der Waals surface area contributed by atoms with Gasteiger partial charge in [-0.25, -0.2) is 0 Å². The fourth-order valence-corrected chi connectivity index (χ4v) is 3.65. The van der Waals surface area contributed by atoms with Crippen molar-refractivity contribution in [2.75, 3.05) is 5.32 Å². The predicted octanol–water partition coefficient (Wildman–Crippen LogP) is 8.09. The Hall–Kier alpha value is -2.95. The zero-order chi connectivity index (χ0) is 21.5. The number of anilines is 1. The number of nitrogens with one attached hydrogen (secondary N) is 1. The van der Waals surface area contributed by atoms with Crippen molar-refractivity contribution in [2.24, 2.45) is 0 Å². The third-order valence-electron chi connectivity index (χ3n) is 4.63. The van der Waals surface area contributed by atoms with Gasteiger partial charge in [-0.15, -0.1) is 0 Å². The third-order valence-corrected chi connectivity index (χ3v) is 5.51. The molecule has 0 saturated carbocycles. The Labute approximate surface area is 195 Å². The molecule has 0 heterocycles. The molecule has 0 radical (unpaired) electrons. The van der Waals surface area contributed by atoms with Gasteiger partial charge in [0, 0.05) is 17.3 Å². The minimum Gasteiger partial charge on any atom is -0.488 e. The van der Waals surface area contributed by atoms with Crippen LogP contribution in [0.25, 0.3) is 0 Å². The molecule has 0 atom stereocenters. The van der Waals surface area contributed by atoms with E-state index in [-0.39, 0.29) is 0 Å². The van der Waals surface area contributed by atoms with E-state index in [1.54, 1.807) is 0 Å². The molecule has 3 nitrogen and oxygen atoms in total. The van der Waals surface area contributed by atoms with Crippen molar-refractivity contribution < 1.29 is 9.47 Å². The van der Waals surface area contributed by atoms with E-state index in [1.165, 1.54) is 0 Å². The number of para-hydroxylation sites is 1. The van der Waals surface area contributed by atoms with Crippen LogP contribution in [0.2, 0.25) is 5.02 Å². The normalized spacial score (nSPS) is 10.5. The summed E-state index contributed by atoms with van der Waals surface area (Å²) in [4.78, 5) is 0. The molecule has 0 aliphatic rings. The van der Waals surface area contributed by atoms with Gasteiger partial charge in [0.2, 0.25) is 0 Å². The van der Waals surface area contributed by atoms with E-state index >= 15 is 0 Å². The van der Waals surface area contributed by atoms with E-state index in [0.717, 1.165) is 43.6 Å². The van der Waals surface area contributed by atoms with Crippen LogP contribution in [0.1, 0.15) is 11.1 Å². The molecule has 0 aliphatic heterocycles. The largest absolute Gasteiger partial charge is 0.488 e. The summed E-state index contributed by atoms with van der Waals surface area (Å²) in [5.74, 6) is 2.44.